The predicted octanol–water partition coefficient (Wildman–Crippen LogP) is 2.99. The minimum atomic E-state index is -0.226. The Bertz CT molecular complexity index is 1080. The zero-order valence-corrected chi connectivity index (χ0v) is 19.5. The summed E-state index contributed by atoms with van der Waals surface area (Å²) < 4.78 is 13.4. The van der Waals surface area contributed by atoms with Crippen LogP contribution < -0.4 is 4.90 Å². The van der Waals surface area contributed by atoms with Gasteiger partial charge in [0.1, 0.15) is 17.5 Å². The third-order valence-electron chi connectivity index (χ3n) is 6.92. The number of rotatable bonds is 7. The zero-order chi connectivity index (χ0) is 23.5. The molecule has 0 saturated carbocycles. The maximum atomic E-state index is 13.4. The average Bonchev–Trinajstić information content (AvgIpc) is 2.80. The lowest BCUT2D eigenvalue weighted by atomic mass is 9.97. The van der Waals surface area contributed by atoms with Crippen molar-refractivity contribution < 1.29 is 9.50 Å². The van der Waals surface area contributed by atoms with Gasteiger partial charge in [0.2, 0.25) is 0 Å². The molecular formula is C26H31FN6O. The van der Waals surface area contributed by atoms with Crippen molar-refractivity contribution in [3.63, 3.8) is 0 Å². The van der Waals surface area contributed by atoms with Crippen LogP contribution in [0.25, 0.3) is 0 Å². The minimum Gasteiger partial charge on any atom is -0.393 e. The largest absolute Gasteiger partial charge is 0.393 e. The number of anilines is 1. The number of hydrogen-bond acceptors (Lipinski definition) is 7. The first kappa shape index (κ1) is 22.8. The number of hydrogen-bond donors (Lipinski definition) is 1. The molecule has 1 aromatic carbocycles. The highest BCUT2D eigenvalue weighted by Crippen LogP contribution is 2.27. The van der Waals surface area contributed by atoms with Crippen molar-refractivity contribution in [3.8, 4) is 0 Å². The van der Waals surface area contributed by atoms with Crippen LogP contribution in [0.4, 0.5) is 10.2 Å². The predicted molar refractivity (Wildman–Crippen MR) is 128 cm³/mol. The quantitative estimate of drug-likeness (QED) is 0.578. The number of aliphatic hydroxyl groups is 1. The van der Waals surface area contributed by atoms with Gasteiger partial charge < -0.3 is 10.0 Å². The van der Waals surface area contributed by atoms with Gasteiger partial charge in [0.15, 0.2) is 0 Å². The molecule has 2 aromatic heterocycles. The van der Waals surface area contributed by atoms with Crippen LogP contribution >= 0.6 is 0 Å². The smallest absolute Gasteiger partial charge is 0.132 e. The Morgan fingerprint density at radius 3 is 2.53 bits per heavy atom. The highest BCUT2D eigenvalue weighted by Gasteiger charge is 2.34. The molecule has 0 aliphatic carbocycles. The minimum absolute atomic E-state index is 0.149. The topological polar surface area (TPSA) is 78.3 Å². The summed E-state index contributed by atoms with van der Waals surface area (Å²) in [5.74, 6) is 1.68. The second-order valence-corrected chi connectivity index (χ2v) is 9.49. The van der Waals surface area contributed by atoms with Gasteiger partial charge in [-0.15, -0.1) is 0 Å². The molecule has 1 N–H and O–H groups in total. The highest BCUT2D eigenvalue weighted by atomic mass is 19.1. The van der Waals surface area contributed by atoms with Crippen molar-refractivity contribution in [2.24, 2.45) is 0 Å². The monoisotopic (exact) mass is 462 g/mol. The number of halogens is 1. The van der Waals surface area contributed by atoms with Crippen LogP contribution in [0, 0.1) is 5.82 Å². The molecule has 0 bridgehead atoms. The van der Waals surface area contributed by atoms with Gasteiger partial charge in [-0.25, -0.2) is 14.4 Å². The molecule has 2 aliphatic heterocycles. The van der Waals surface area contributed by atoms with Crippen molar-refractivity contribution in [2.75, 3.05) is 31.1 Å². The molecule has 0 unspecified atom stereocenters. The van der Waals surface area contributed by atoms with E-state index in [2.05, 4.69) is 32.8 Å². The number of benzene rings is 1. The molecule has 2 saturated heterocycles. The van der Waals surface area contributed by atoms with Gasteiger partial charge in [0.05, 0.1) is 17.5 Å². The summed E-state index contributed by atoms with van der Waals surface area (Å²) in [6.07, 6.45) is 7.98. The molecule has 8 heteroatoms. The molecule has 0 amide bonds. The van der Waals surface area contributed by atoms with E-state index in [1.54, 1.807) is 18.6 Å². The lowest BCUT2D eigenvalue weighted by Gasteiger charge is -2.47. The Labute approximate surface area is 199 Å². The van der Waals surface area contributed by atoms with Gasteiger partial charge in [0, 0.05) is 69.7 Å². The van der Waals surface area contributed by atoms with E-state index in [4.69, 9.17) is 9.97 Å². The van der Waals surface area contributed by atoms with Crippen molar-refractivity contribution in [1.82, 2.24) is 24.8 Å². The van der Waals surface area contributed by atoms with Crippen LogP contribution in [0.1, 0.15) is 48.5 Å². The molecule has 7 nitrogen and oxygen atoms in total. The average molecular weight is 463 g/mol. The number of piperidine rings is 1. The fourth-order valence-electron chi connectivity index (χ4n) is 4.79. The van der Waals surface area contributed by atoms with Crippen LogP contribution in [0.2, 0.25) is 0 Å². The molecule has 0 spiro atoms. The molecule has 1 atom stereocenters. The molecular weight excluding hydrogens is 431 g/mol. The third-order valence-corrected chi connectivity index (χ3v) is 6.92. The van der Waals surface area contributed by atoms with E-state index < -0.39 is 0 Å². The molecule has 34 heavy (non-hydrogen) atoms. The van der Waals surface area contributed by atoms with Gasteiger partial charge in [-0.1, -0.05) is 19.1 Å². The molecule has 4 heterocycles. The Balaban J connectivity index is 1.33. The van der Waals surface area contributed by atoms with E-state index in [0.29, 0.717) is 18.9 Å². The zero-order valence-electron chi connectivity index (χ0n) is 19.5. The lowest BCUT2D eigenvalue weighted by Crippen LogP contribution is -2.61. The SMILES string of the molecule is C[C@H](Cc1nc(Cc2cnccn2)cc(N2CC(N3CCC(O)CC3)C2)n1)c1ccc(F)cc1. The first-order valence-corrected chi connectivity index (χ1v) is 12.1. The second-order valence-electron chi connectivity index (χ2n) is 9.49. The summed E-state index contributed by atoms with van der Waals surface area (Å²) in [5, 5.41) is 9.80. The summed E-state index contributed by atoms with van der Waals surface area (Å²) in [6.45, 7) is 5.91. The van der Waals surface area contributed by atoms with Crippen molar-refractivity contribution in [2.45, 2.75) is 50.7 Å². The molecule has 3 aromatic rings. The molecule has 5 rings (SSSR count). The summed E-state index contributed by atoms with van der Waals surface area (Å²) in [4.78, 5) is 23.2. The van der Waals surface area contributed by atoms with Gasteiger partial charge in [-0.2, -0.15) is 0 Å². The molecule has 2 aliphatic rings. The van der Waals surface area contributed by atoms with Gasteiger partial charge in [-0.3, -0.25) is 14.9 Å². The van der Waals surface area contributed by atoms with E-state index in [1.165, 1.54) is 12.1 Å². The number of likely N-dealkylation sites (tertiary alicyclic amines) is 1. The summed E-state index contributed by atoms with van der Waals surface area (Å²) >= 11 is 0. The maximum Gasteiger partial charge on any atom is 0.132 e. The van der Waals surface area contributed by atoms with Crippen LogP contribution in [0.15, 0.2) is 48.9 Å². The third kappa shape index (κ3) is 5.39. The number of nitrogens with zero attached hydrogens (tertiary/aromatic N) is 6. The fraction of sp³-hybridized carbons (Fsp3) is 0.462. The second kappa shape index (κ2) is 10.1. The van der Waals surface area contributed by atoms with Crippen molar-refractivity contribution in [3.05, 3.63) is 77.5 Å². The van der Waals surface area contributed by atoms with E-state index in [1.807, 2.05) is 12.1 Å². The molecule has 0 radical (unpaired) electrons. The van der Waals surface area contributed by atoms with Gasteiger partial charge in [-0.05, 0) is 36.5 Å². The van der Waals surface area contributed by atoms with Crippen molar-refractivity contribution >= 4 is 5.82 Å². The Morgan fingerprint density at radius 2 is 1.82 bits per heavy atom. The van der Waals surface area contributed by atoms with Crippen LogP contribution in [-0.4, -0.2) is 68.3 Å². The normalized spacial score (nSPS) is 18.6. The highest BCUT2D eigenvalue weighted by molar-refractivity contribution is 5.44. The van der Waals surface area contributed by atoms with Crippen LogP contribution in [0.5, 0.6) is 0 Å². The van der Waals surface area contributed by atoms with E-state index in [9.17, 15) is 9.50 Å². The van der Waals surface area contributed by atoms with E-state index in [-0.39, 0.29) is 17.8 Å². The first-order valence-electron chi connectivity index (χ1n) is 12.1. The maximum absolute atomic E-state index is 13.4. The van der Waals surface area contributed by atoms with Crippen LogP contribution in [-0.2, 0) is 12.8 Å². The van der Waals surface area contributed by atoms with Gasteiger partial charge >= 0.3 is 0 Å². The lowest BCUT2D eigenvalue weighted by molar-refractivity contribution is 0.0529. The van der Waals surface area contributed by atoms with Gasteiger partial charge in [0.25, 0.3) is 0 Å². The Kier molecular flexibility index (Phi) is 6.78. The van der Waals surface area contributed by atoms with Crippen LogP contribution in [0.3, 0.4) is 0 Å². The fourth-order valence-corrected chi connectivity index (χ4v) is 4.79. The van der Waals surface area contributed by atoms with E-state index in [0.717, 1.165) is 67.6 Å². The molecule has 178 valence electrons. The summed E-state index contributed by atoms with van der Waals surface area (Å²) in [7, 11) is 0. The summed E-state index contributed by atoms with van der Waals surface area (Å²) in [5.41, 5.74) is 2.87. The standard InChI is InChI=1S/C26H31FN6O/c1-18(19-2-4-20(27)5-3-19)12-25-30-21(13-22-15-28-8-9-29-22)14-26(31-25)33-16-23(17-33)32-10-6-24(34)7-11-32/h2-5,8-9,14-15,18,23-24,34H,6-7,10-13,16-17H2,1H3/t18-/m1/s1. The Morgan fingerprint density at radius 1 is 1.06 bits per heavy atom. The molecule has 2 fully saturated rings. The van der Waals surface area contributed by atoms with Crippen molar-refractivity contribution in [1.29, 1.82) is 0 Å². The Hall–Kier alpha value is -2.97. The number of aliphatic hydroxyl groups excluding tert-OH is 1. The van der Waals surface area contributed by atoms with E-state index >= 15 is 0 Å². The summed E-state index contributed by atoms with van der Waals surface area (Å²) in [6, 6.07) is 9.24. The number of aromatic nitrogens is 4. The first-order chi connectivity index (χ1) is 16.5.